The number of halogens is 1. The van der Waals surface area contributed by atoms with E-state index in [1.165, 1.54) is 3.97 Å². The lowest BCUT2D eigenvalue weighted by molar-refractivity contribution is 0.414. The fraction of sp³-hybridized carbons (Fsp3) is 0.263. The van der Waals surface area contributed by atoms with Crippen molar-refractivity contribution in [2.24, 2.45) is 0 Å². The van der Waals surface area contributed by atoms with Crippen LogP contribution in [0.3, 0.4) is 0 Å². The molecule has 0 N–H and O–H groups in total. The van der Waals surface area contributed by atoms with E-state index >= 15 is 0 Å². The van der Waals surface area contributed by atoms with Gasteiger partial charge in [0.1, 0.15) is 5.75 Å². The van der Waals surface area contributed by atoms with Gasteiger partial charge in [-0.15, -0.1) is 11.8 Å². The van der Waals surface area contributed by atoms with Gasteiger partial charge in [0, 0.05) is 33.8 Å². The first-order valence-electron chi connectivity index (χ1n) is 8.30. The summed E-state index contributed by atoms with van der Waals surface area (Å²) in [6, 6.07) is 11.6. The summed E-state index contributed by atoms with van der Waals surface area (Å²) < 4.78 is 32.8. The van der Waals surface area contributed by atoms with Crippen LogP contribution in [-0.4, -0.2) is 50.8 Å². The fourth-order valence-electron chi connectivity index (χ4n) is 2.66. The Hall–Kier alpha value is -1.67. The third-order valence-corrected chi connectivity index (χ3v) is 7.05. The largest absolute Gasteiger partial charge is 0.497 e. The molecule has 0 spiro atoms. The highest BCUT2D eigenvalue weighted by atomic mass is 35.5. The van der Waals surface area contributed by atoms with Gasteiger partial charge in [0.25, 0.3) is 10.0 Å². The van der Waals surface area contributed by atoms with Crippen LogP contribution >= 0.6 is 23.4 Å². The number of methoxy groups -OCH3 is 1. The first-order chi connectivity index (χ1) is 12.8. The van der Waals surface area contributed by atoms with Crippen molar-refractivity contribution in [2.75, 3.05) is 33.5 Å². The highest BCUT2D eigenvalue weighted by Gasteiger charge is 2.21. The molecule has 0 fully saturated rings. The van der Waals surface area contributed by atoms with Gasteiger partial charge in [0.2, 0.25) is 0 Å². The number of benzene rings is 2. The van der Waals surface area contributed by atoms with Crippen molar-refractivity contribution in [1.82, 2.24) is 8.87 Å². The van der Waals surface area contributed by atoms with Crippen LogP contribution in [0.1, 0.15) is 0 Å². The molecule has 8 heteroatoms. The Kier molecular flexibility index (Phi) is 6.05. The van der Waals surface area contributed by atoms with Gasteiger partial charge < -0.3 is 9.64 Å². The number of thioether (sulfide) groups is 1. The molecule has 1 heterocycles. The standard InChI is InChI=1S/C19H21ClN2O3S2/c1-21(2)10-11-26-19-13-22(18-9-4-14(20)12-17(18)19)27(23,24)16-7-5-15(25-3)6-8-16/h4-9,12-13H,10-11H2,1-3H3. The predicted octanol–water partition coefficient (Wildman–Crippen LogP) is 4.19. The summed E-state index contributed by atoms with van der Waals surface area (Å²) >= 11 is 7.78. The molecule has 5 nitrogen and oxygen atoms in total. The minimum absolute atomic E-state index is 0.208. The molecule has 144 valence electrons. The zero-order valence-electron chi connectivity index (χ0n) is 15.3. The van der Waals surface area contributed by atoms with E-state index in [9.17, 15) is 8.42 Å². The van der Waals surface area contributed by atoms with Gasteiger partial charge in [-0.25, -0.2) is 12.4 Å². The zero-order valence-corrected chi connectivity index (χ0v) is 17.7. The molecule has 2 aromatic carbocycles. The molecule has 0 saturated heterocycles. The van der Waals surface area contributed by atoms with Crippen molar-refractivity contribution in [1.29, 1.82) is 0 Å². The summed E-state index contributed by atoms with van der Waals surface area (Å²) in [5.41, 5.74) is 0.613. The molecular formula is C19H21ClN2O3S2. The number of aromatic nitrogens is 1. The number of ether oxygens (including phenoxy) is 1. The third kappa shape index (κ3) is 4.27. The smallest absolute Gasteiger partial charge is 0.268 e. The monoisotopic (exact) mass is 424 g/mol. The second-order valence-corrected chi connectivity index (χ2v) is 9.67. The minimum Gasteiger partial charge on any atom is -0.497 e. The zero-order chi connectivity index (χ0) is 19.6. The van der Waals surface area contributed by atoms with Crippen LogP contribution in [-0.2, 0) is 10.0 Å². The molecule has 0 saturated carbocycles. The maximum atomic E-state index is 13.2. The number of rotatable bonds is 7. The van der Waals surface area contributed by atoms with Crippen molar-refractivity contribution in [3.05, 3.63) is 53.7 Å². The number of nitrogens with zero attached hydrogens (tertiary/aromatic N) is 2. The Bertz CT molecular complexity index is 1040. The molecule has 0 unspecified atom stereocenters. The molecule has 0 aliphatic carbocycles. The van der Waals surface area contributed by atoms with Gasteiger partial charge in [0.05, 0.1) is 17.5 Å². The fourth-order valence-corrected chi connectivity index (χ4v) is 5.44. The van der Waals surface area contributed by atoms with Crippen molar-refractivity contribution >= 4 is 44.3 Å². The van der Waals surface area contributed by atoms with E-state index < -0.39 is 10.0 Å². The van der Waals surface area contributed by atoms with Gasteiger partial charge in [-0.2, -0.15) is 0 Å². The molecule has 0 amide bonds. The first-order valence-corrected chi connectivity index (χ1v) is 11.1. The summed E-state index contributed by atoms with van der Waals surface area (Å²) in [5.74, 6) is 1.46. The van der Waals surface area contributed by atoms with Crippen molar-refractivity contribution in [3.63, 3.8) is 0 Å². The van der Waals surface area contributed by atoms with Crippen molar-refractivity contribution < 1.29 is 13.2 Å². The Morgan fingerprint density at radius 3 is 2.48 bits per heavy atom. The lowest BCUT2D eigenvalue weighted by Crippen LogP contribution is -2.14. The second-order valence-electron chi connectivity index (χ2n) is 6.28. The molecule has 27 heavy (non-hydrogen) atoms. The summed E-state index contributed by atoms with van der Waals surface area (Å²) in [4.78, 5) is 3.19. The SMILES string of the molecule is COc1ccc(S(=O)(=O)n2cc(SCCN(C)C)c3cc(Cl)ccc32)cc1. The van der Waals surface area contributed by atoms with Crippen LogP contribution in [0.4, 0.5) is 0 Å². The average Bonchev–Trinajstić information content (AvgIpc) is 3.00. The van der Waals surface area contributed by atoms with Gasteiger partial charge in [-0.1, -0.05) is 11.6 Å². The van der Waals surface area contributed by atoms with Gasteiger partial charge >= 0.3 is 0 Å². The van der Waals surface area contributed by atoms with E-state index in [4.69, 9.17) is 16.3 Å². The third-order valence-electron chi connectivity index (χ3n) is 4.11. The summed E-state index contributed by atoms with van der Waals surface area (Å²) in [7, 11) is 1.83. The Morgan fingerprint density at radius 1 is 1.15 bits per heavy atom. The first kappa shape index (κ1) is 20.1. The normalized spacial score (nSPS) is 12.0. The lowest BCUT2D eigenvalue weighted by Gasteiger charge is -2.08. The van der Waals surface area contributed by atoms with Crippen LogP contribution in [0.2, 0.25) is 5.02 Å². The van der Waals surface area contributed by atoms with E-state index in [-0.39, 0.29) is 4.90 Å². The summed E-state index contributed by atoms with van der Waals surface area (Å²) in [6.45, 7) is 0.892. The predicted molar refractivity (Wildman–Crippen MR) is 112 cm³/mol. The van der Waals surface area contributed by atoms with Crippen LogP contribution in [0.15, 0.2) is 58.5 Å². The van der Waals surface area contributed by atoms with Crippen molar-refractivity contribution in [2.45, 2.75) is 9.79 Å². The minimum atomic E-state index is -3.73. The molecule has 0 bridgehead atoms. The molecule has 0 atom stereocenters. The average molecular weight is 425 g/mol. The Morgan fingerprint density at radius 2 is 1.85 bits per heavy atom. The Balaban J connectivity index is 2.07. The van der Waals surface area contributed by atoms with Crippen LogP contribution in [0.5, 0.6) is 5.75 Å². The number of fused-ring (bicyclic) bond motifs is 1. The molecule has 3 aromatic rings. The molecule has 0 radical (unpaired) electrons. The van der Waals surface area contributed by atoms with Gasteiger partial charge in [0.15, 0.2) is 0 Å². The summed E-state index contributed by atoms with van der Waals surface area (Å²) in [6.07, 6.45) is 1.68. The topological polar surface area (TPSA) is 51.5 Å². The second kappa shape index (κ2) is 8.14. The van der Waals surface area contributed by atoms with E-state index in [1.807, 2.05) is 20.2 Å². The van der Waals surface area contributed by atoms with Crippen molar-refractivity contribution in [3.8, 4) is 5.75 Å². The van der Waals surface area contributed by atoms with E-state index in [0.29, 0.717) is 16.3 Å². The number of hydrogen-bond donors (Lipinski definition) is 0. The Labute approximate surface area is 168 Å². The molecule has 0 aliphatic heterocycles. The molecule has 1 aromatic heterocycles. The maximum absolute atomic E-state index is 13.2. The molecular weight excluding hydrogens is 404 g/mol. The van der Waals surface area contributed by atoms with Crippen LogP contribution < -0.4 is 4.74 Å². The highest BCUT2D eigenvalue weighted by Crippen LogP contribution is 2.34. The number of hydrogen-bond acceptors (Lipinski definition) is 5. The molecule has 0 aliphatic rings. The molecule has 3 rings (SSSR count). The van der Waals surface area contributed by atoms with E-state index in [1.54, 1.807) is 61.5 Å². The highest BCUT2D eigenvalue weighted by molar-refractivity contribution is 7.99. The summed E-state index contributed by atoms with van der Waals surface area (Å²) in [5, 5.41) is 1.42. The van der Waals surface area contributed by atoms with Crippen LogP contribution in [0, 0.1) is 0 Å². The van der Waals surface area contributed by atoms with E-state index in [0.717, 1.165) is 22.6 Å². The quantitative estimate of drug-likeness (QED) is 0.532. The lowest BCUT2D eigenvalue weighted by atomic mass is 10.2. The van der Waals surface area contributed by atoms with E-state index in [2.05, 4.69) is 4.90 Å². The maximum Gasteiger partial charge on any atom is 0.268 e. The van der Waals surface area contributed by atoms with Crippen LogP contribution in [0.25, 0.3) is 10.9 Å². The van der Waals surface area contributed by atoms with Gasteiger partial charge in [-0.3, -0.25) is 0 Å². The van der Waals surface area contributed by atoms with Gasteiger partial charge in [-0.05, 0) is 56.6 Å².